The fourth-order valence-electron chi connectivity index (χ4n) is 1.46. The van der Waals surface area contributed by atoms with E-state index in [-0.39, 0.29) is 5.02 Å². The van der Waals surface area contributed by atoms with Crippen molar-refractivity contribution >= 4 is 34.1 Å². The molecule has 78 valence electrons. The molecule has 0 atom stereocenters. The maximum atomic E-state index is 13.1. The smallest absolute Gasteiger partial charge is 0.125 e. The Labute approximate surface area is 96.8 Å². The second-order valence-electron chi connectivity index (χ2n) is 3.42. The number of fused-ring (bicyclic) bond motifs is 1. The zero-order valence-electron chi connectivity index (χ0n) is 8.24. The molecule has 0 saturated carbocycles. The first-order valence-corrected chi connectivity index (χ1v) is 5.17. The molecule has 0 fully saturated rings. The molecular formula is C11H8Cl2FN. The van der Waals surface area contributed by atoms with Crippen LogP contribution in [-0.2, 0) is 0 Å². The number of halogens is 3. The van der Waals surface area contributed by atoms with Gasteiger partial charge >= 0.3 is 0 Å². The van der Waals surface area contributed by atoms with Crippen molar-refractivity contribution in [1.29, 1.82) is 0 Å². The molecule has 1 heterocycles. The fourth-order valence-corrected chi connectivity index (χ4v) is 1.99. The summed E-state index contributed by atoms with van der Waals surface area (Å²) < 4.78 is 13.1. The molecule has 15 heavy (non-hydrogen) atoms. The molecule has 0 saturated heterocycles. The molecule has 0 unspecified atom stereocenters. The second kappa shape index (κ2) is 3.62. The molecule has 4 heteroatoms. The first-order chi connectivity index (χ1) is 7.00. The minimum atomic E-state index is -0.403. The number of hydrogen-bond acceptors (Lipinski definition) is 1. The van der Waals surface area contributed by atoms with E-state index in [9.17, 15) is 4.39 Å². The van der Waals surface area contributed by atoms with Crippen LogP contribution in [0.4, 0.5) is 4.39 Å². The topological polar surface area (TPSA) is 12.9 Å². The summed E-state index contributed by atoms with van der Waals surface area (Å²) in [6, 6.07) is 2.59. The van der Waals surface area contributed by atoms with Gasteiger partial charge in [-0.05, 0) is 31.5 Å². The number of aryl methyl sites for hydroxylation is 1. The predicted octanol–water partition coefficient (Wildman–Crippen LogP) is 4.30. The van der Waals surface area contributed by atoms with Crippen LogP contribution in [-0.4, -0.2) is 4.98 Å². The van der Waals surface area contributed by atoms with Gasteiger partial charge in [0.1, 0.15) is 5.82 Å². The van der Waals surface area contributed by atoms with Gasteiger partial charge in [0.15, 0.2) is 0 Å². The van der Waals surface area contributed by atoms with E-state index in [1.807, 2.05) is 13.8 Å². The van der Waals surface area contributed by atoms with Crippen molar-refractivity contribution < 1.29 is 4.39 Å². The summed E-state index contributed by atoms with van der Waals surface area (Å²) >= 11 is 12.0. The lowest BCUT2D eigenvalue weighted by Gasteiger charge is -2.08. The predicted molar refractivity (Wildman–Crippen MR) is 61.2 cm³/mol. The van der Waals surface area contributed by atoms with E-state index in [1.165, 1.54) is 12.1 Å². The number of hydrogen-bond donors (Lipinski definition) is 0. The lowest BCUT2D eigenvalue weighted by molar-refractivity contribution is 0.629. The van der Waals surface area contributed by atoms with E-state index >= 15 is 0 Å². The highest BCUT2D eigenvalue weighted by molar-refractivity contribution is 6.39. The van der Waals surface area contributed by atoms with Gasteiger partial charge in [-0.1, -0.05) is 23.2 Å². The highest BCUT2D eigenvalue weighted by atomic mass is 35.5. The Morgan fingerprint density at radius 2 is 1.87 bits per heavy atom. The molecule has 1 aromatic carbocycles. The van der Waals surface area contributed by atoms with Crippen LogP contribution in [0.3, 0.4) is 0 Å². The van der Waals surface area contributed by atoms with Crippen LogP contribution < -0.4 is 0 Å². The van der Waals surface area contributed by atoms with Crippen LogP contribution in [0.15, 0.2) is 12.1 Å². The molecule has 0 radical (unpaired) electrons. The zero-order chi connectivity index (χ0) is 11.2. The van der Waals surface area contributed by atoms with Gasteiger partial charge in [0.2, 0.25) is 0 Å². The third-order valence-corrected chi connectivity index (χ3v) is 3.19. The SMILES string of the molecule is Cc1nc2c(Cl)cc(F)cc2c(Cl)c1C. The van der Waals surface area contributed by atoms with E-state index in [0.717, 1.165) is 11.3 Å². The lowest BCUT2D eigenvalue weighted by Crippen LogP contribution is -1.92. The molecule has 2 rings (SSSR count). The van der Waals surface area contributed by atoms with Gasteiger partial charge in [-0.15, -0.1) is 0 Å². The number of rotatable bonds is 0. The van der Waals surface area contributed by atoms with E-state index in [1.54, 1.807) is 0 Å². The summed E-state index contributed by atoms with van der Waals surface area (Å²) in [5.41, 5.74) is 2.21. The Bertz CT molecular complexity index is 552. The quantitative estimate of drug-likeness (QED) is 0.673. The van der Waals surface area contributed by atoms with Gasteiger partial charge in [0.25, 0.3) is 0 Å². The number of nitrogens with zero attached hydrogens (tertiary/aromatic N) is 1. The van der Waals surface area contributed by atoms with Crippen molar-refractivity contribution in [2.45, 2.75) is 13.8 Å². The highest BCUT2D eigenvalue weighted by Gasteiger charge is 2.11. The van der Waals surface area contributed by atoms with Gasteiger partial charge in [0.05, 0.1) is 15.6 Å². The number of pyridine rings is 1. The summed E-state index contributed by atoms with van der Waals surface area (Å²) in [4.78, 5) is 4.29. The molecule has 0 aliphatic rings. The van der Waals surface area contributed by atoms with Gasteiger partial charge in [-0.3, -0.25) is 4.98 Å². The van der Waals surface area contributed by atoms with Crippen molar-refractivity contribution in [2.24, 2.45) is 0 Å². The largest absolute Gasteiger partial charge is 0.251 e. The van der Waals surface area contributed by atoms with Gasteiger partial charge < -0.3 is 0 Å². The van der Waals surface area contributed by atoms with E-state index in [4.69, 9.17) is 23.2 Å². The molecule has 0 bridgehead atoms. The summed E-state index contributed by atoms with van der Waals surface area (Å²) in [7, 11) is 0. The molecular weight excluding hydrogens is 236 g/mol. The standard InChI is InChI=1S/C11H8Cl2FN/c1-5-6(2)15-11-8(10(5)13)3-7(14)4-9(11)12/h3-4H,1-2H3. The van der Waals surface area contributed by atoms with Crippen molar-refractivity contribution in [1.82, 2.24) is 4.98 Å². The van der Waals surface area contributed by atoms with Gasteiger partial charge in [-0.2, -0.15) is 0 Å². The summed E-state index contributed by atoms with van der Waals surface area (Å²) in [6.45, 7) is 3.70. The van der Waals surface area contributed by atoms with E-state index in [2.05, 4.69) is 4.98 Å². The molecule has 0 N–H and O–H groups in total. The molecule has 2 aromatic rings. The third-order valence-electron chi connectivity index (χ3n) is 2.42. The Kier molecular flexibility index (Phi) is 2.57. The Balaban J connectivity index is 2.98. The van der Waals surface area contributed by atoms with Crippen LogP contribution in [0, 0.1) is 19.7 Å². The zero-order valence-corrected chi connectivity index (χ0v) is 9.75. The second-order valence-corrected chi connectivity index (χ2v) is 4.21. The van der Waals surface area contributed by atoms with Crippen molar-refractivity contribution in [3.8, 4) is 0 Å². The van der Waals surface area contributed by atoms with Crippen molar-refractivity contribution in [2.75, 3.05) is 0 Å². The molecule has 0 aliphatic heterocycles. The molecule has 0 spiro atoms. The summed E-state index contributed by atoms with van der Waals surface area (Å²) in [5, 5.41) is 1.36. The normalized spacial score (nSPS) is 11.0. The number of benzene rings is 1. The monoisotopic (exact) mass is 243 g/mol. The van der Waals surface area contributed by atoms with Crippen molar-refractivity contribution in [3.05, 3.63) is 39.3 Å². The molecule has 0 amide bonds. The summed E-state index contributed by atoms with van der Waals surface area (Å²) in [5.74, 6) is -0.403. The van der Waals surface area contributed by atoms with Crippen LogP contribution in [0.2, 0.25) is 10.0 Å². The first kappa shape index (κ1) is 10.7. The van der Waals surface area contributed by atoms with Crippen LogP contribution in [0.5, 0.6) is 0 Å². The van der Waals surface area contributed by atoms with Crippen LogP contribution in [0.1, 0.15) is 11.3 Å². The highest BCUT2D eigenvalue weighted by Crippen LogP contribution is 2.32. The average Bonchev–Trinajstić information content (AvgIpc) is 2.17. The first-order valence-electron chi connectivity index (χ1n) is 4.42. The maximum absolute atomic E-state index is 13.1. The van der Waals surface area contributed by atoms with Gasteiger partial charge in [0, 0.05) is 11.1 Å². The molecule has 1 aromatic heterocycles. The van der Waals surface area contributed by atoms with Gasteiger partial charge in [-0.25, -0.2) is 4.39 Å². The number of aromatic nitrogens is 1. The fraction of sp³-hybridized carbons (Fsp3) is 0.182. The van der Waals surface area contributed by atoms with E-state index < -0.39 is 5.82 Å². The summed E-state index contributed by atoms with van der Waals surface area (Å²) in [6.07, 6.45) is 0. The maximum Gasteiger partial charge on any atom is 0.125 e. The Morgan fingerprint density at radius 3 is 2.53 bits per heavy atom. The van der Waals surface area contributed by atoms with E-state index in [0.29, 0.717) is 15.9 Å². The molecule has 0 aliphatic carbocycles. The van der Waals surface area contributed by atoms with Crippen LogP contribution >= 0.6 is 23.2 Å². The minimum absolute atomic E-state index is 0.287. The molecule has 1 nitrogen and oxygen atoms in total. The minimum Gasteiger partial charge on any atom is -0.251 e. The average molecular weight is 244 g/mol. The van der Waals surface area contributed by atoms with Crippen molar-refractivity contribution in [3.63, 3.8) is 0 Å². The Hall–Kier alpha value is -0.860. The Morgan fingerprint density at radius 1 is 1.20 bits per heavy atom. The van der Waals surface area contributed by atoms with Crippen LogP contribution in [0.25, 0.3) is 10.9 Å². The third kappa shape index (κ3) is 1.68. The lowest BCUT2D eigenvalue weighted by atomic mass is 10.1.